The van der Waals surface area contributed by atoms with Gasteiger partial charge in [-0.25, -0.2) is 0 Å². The molecular weight excluding hydrogens is 385 g/mol. The normalized spacial score (nSPS) is 10.1. The Morgan fingerprint density at radius 3 is 2.38 bits per heavy atom. The van der Waals surface area contributed by atoms with E-state index in [1.165, 1.54) is 17.3 Å². The minimum Gasteiger partial charge on any atom is -0.331 e. The number of rotatable bonds is 5. The molecule has 0 aromatic heterocycles. The van der Waals surface area contributed by atoms with Crippen LogP contribution in [0.3, 0.4) is 0 Å². The van der Waals surface area contributed by atoms with Gasteiger partial charge in [0.25, 0.3) is 0 Å². The number of anilines is 1. The third-order valence-corrected chi connectivity index (χ3v) is 4.42. The van der Waals surface area contributed by atoms with Crippen molar-refractivity contribution in [3.8, 4) is 0 Å². The van der Waals surface area contributed by atoms with Crippen molar-refractivity contribution in [1.29, 1.82) is 0 Å². The molecule has 0 saturated carbocycles. The summed E-state index contributed by atoms with van der Waals surface area (Å²) in [4.78, 5) is 11.8. The lowest BCUT2D eigenvalue weighted by Crippen LogP contribution is -2.44. The molecule has 0 heterocycles. The standard InChI is InChI=1S/C16H15Cl2N3OS2/c17-12-6-13(18)8-14(7-12)19-16(23)21-20-15(22)10-24-9-11-4-2-1-3-5-11/h1-8H,9-10H2,(H,20,22)(H2,19,21,23). The van der Waals surface area contributed by atoms with Crippen LogP contribution in [0.25, 0.3) is 0 Å². The molecule has 0 spiro atoms. The molecule has 3 N–H and O–H groups in total. The summed E-state index contributed by atoms with van der Waals surface area (Å²) in [6, 6.07) is 14.9. The van der Waals surface area contributed by atoms with Gasteiger partial charge in [0.05, 0.1) is 5.75 Å². The Bertz CT molecular complexity index is 693. The molecular formula is C16H15Cl2N3OS2. The molecule has 0 saturated heterocycles. The van der Waals surface area contributed by atoms with Crippen LogP contribution in [0.5, 0.6) is 0 Å². The van der Waals surface area contributed by atoms with Crippen LogP contribution in [-0.4, -0.2) is 16.8 Å². The molecule has 0 fully saturated rings. The molecule has 2 aromatic rings. The number of thioether (sulfide) groups is 1. The minimum atomic E-state index is -0.163. The summed E-state index contributed by atoms with van der Waals surface area (Å²) in [5.41, 5.74) is 6.99. The highest BCUT2D eigenvalue weighted by Gasteiger charge is 2.04. The number of nitrogens with one attached hydrogen (secondary N) is 3. The fourth-order valence-electron chi connectivity index (χ4n) is 1.79. The lowest BCUT2D eigenvalue weighted by molar-refractivity contribution is -0.119. The number of thiocarbonyl (C=S) groups is 1. The van der Waals surface area contributed by atoms with Gasteiger partial charge in [0.2, 0.25) is 5.91 Å². The van der Waals surface area contributed by atoms with Crippen LogP contribution in [0.15, 0.2) is 48.5 Å². The van der Waals surface area contributed by atoms with E-state index in [1.807, 2.05) is 30.3 Å². The Morgan fingerprint density at radius 2 is 1.71 bits per heavy atom. The van der Waals surface area contributed by atoms with E-state index in [4.69, 9.17) is 35.4 Å². The zero-order valence-electron chi connectivity index (χ0n) is 12.5. The van der Waals surface area contributed by atoms with E-state index in [9.17, 15) is 4.79 Å². The van der Waals surface area contributed by atoms with Gasteiger partial charge in [-0.3, -0.25) is 15.6 Å². The highest BCUT2D eigenvalue weighted by atomic mass is 35.5. The first kappa shape index (κ1) is 18.9. The van der Waals surface area contributed by atoms with Crippen molar-refractivity contribution in [2.45, 2.75) is 5.75 Å². The lowest BCUT2D eigenvalue weighted by Gasteiger charge is -2.12. The first-order chi connectivity index (χ1) is 11.5. The van der Waals surface area contributed by atoms with Crippen LogP contribution < -0.4 is 16.2 Å². The maximum atomic E-state index is 11.8. The average molecular weight is 400 g/mol. The minimum absolute atomic E-state index is 0.163. The van der Waals surface area contributed by atoms with Gasteiger partial charge in [-0.1, -0.05) is 53.5 Å². The van der Waals surface area contributed by atoms with Crippen molar-refractivity contribution in [3.63, 3.8) is 0 Å². The smallest absolute Gasteiger partial charge is 0.248 e. The van der Waals surface area contributed by atoms with Gasteiger partial charge in [0, 0.05) is 21.5 Å². The number of hydrogen-bond acceptors (Lipinski definition) is 3. The van der Waals surface area contributed by atoms with Gasteiger partial charge in [-0.2, -0.15) is 0 Å². The Kier molecular flexibility index (Phi) is 7.65. The van der Waals surface area contributed by atoms with Crippen molar-refractivity contribution in [2.24, 2.45) is 0 Å². The van der Waals surface area contributed by atoms with Crippen molar-refractivity contribution in [3.05, 3.63) is 64.1 Å². The van der Waals surface area contributed by atoms with Crippen LogP contribution in [0.4, 0.5) is 5.69 Å². The zero-order valence-corrected chi connectivity index (χ0v) is 15.7. The first-order valence-corrected chi connectivity index (χ1v) is 9.28. The van der Waals surface area contributed by atoms with Crippen LogP contribution in [0, 0.1) is 0 Å². The molecule has 0 radical (unpaired) electrons. The van der Waals surface area contributed by atoms with Crippen LogP contribution in [0.2, 0.25) is 10.0 Å². The fraction of sp³-hybridized carbons (Fsp3) is 0.125. The van der Waals surface area contributed by atoms with Gasteiger partial charge >= 0.3 is 0 Å². The van der Waals surface area contributed by atoms with Crippen LogP contribution >= 0.6 is 47.2 Å². The third-order valence-electron chi connectivity index (χ3n) is 2.78. The number of carbonyl (C=O) groups is 1. The van der Waals surface area contributed by atoms with E-state index >= 15 is 0 Å². The number of hydrogen-bond donors (Lipinski definition) is 3. The average Bonchev–Trinajstić information content (AvgIpc) is 2.53. The van der Waals surface area contributed by atoms with E-state index in [-0.39, 0.29) is 11.0 Å². The molecule has 8 heteroatoms. The Labute approximate surface area is 160 Å². The molecule has 0 aliphatic heterocycles. The molecule has 1 amide bonds. The largest absolute Gasteiger partial charge is 0.331 e. The third kappa shape index (κ3) is 6.97. The second kappa shape index (κ2) is 9.74. The second-order valence-electron chi connectivity index (χ2n) is 4.76. The van der Waals surface area contributed by atoms with Gasteiger partial charge in [0.1, 0.15) is 0 Å². The quantitative estimate of drug-likeness (QED) is 0.518. The van der Waals surface area contributed by atoms with E-state index in [0.717, 1.165) is 5.75 Å². The summed E-state index contributed by atoms with van der Waals surface area (Å²) in [6.45, 7) is 0. The van der Waals surface area contributed by atoms with Crippen LogP contribution in [0.1, 0.15) is 5.56 Å². The number of carbonyl (C=O) groups excluding carboxylic acids is 1. The summed E-state index contributed by atoms with van der Waals surface area (Å²) in [5.74, 6) is 0.940. The fourth-order valence-corrected chi connectivity index (χ4v) is 3.27. The highest BCUT2D eigenvalue weighted by Crippen LogP contribution is 2.22. The Hall–Kier alpha value is -1.47. The second-order valence-corrected chi connectivity index (χ2v) is 7.03. The predicted molar refractivity (Wildman–Crippen MR) is 107 cm³/mol. The molecule has 0 aliphatic rings. The summed E-state index contributed by atoms with van der Waals surface area (Å²) < 4.78 is 0. The molecule has 0 atom stereocenters. The van der Waals surface area contributed by atoms with Gasteiger partial charge in [0.15, 0.2) is 5.11 Å². The number of amides is 1. The molecule has 24 heavy (non-hydrogen) atoms. The van der Waals surface area contributed by atoms with Crippen molar-refractivity contribution in [2.75, 3.05) is 11.1 Å². The van der Waals surface area contributed by atoms with E-state index in [0.29, 0.717) is 21.5 Å². The van der Waals surface area contributed by atoms with Gasteiger partial charge < -0.3 is 5.32 Å². The van der Waals surface area contributed by atoms with Crippen LogP contribution in [-0.2, 0) is 10.5 Å². The number of halogens is 2. The maximum absolute atomic E-state index is 11.8. The van der Waals surface area contributed by atoms with Crippen molar-refractivity contribution in [1.82, 2.24) is 10.9 Å². The maximum Gasteiger partial charge on any atom is 0.248 e. The van der Waals surface area contributed by atoms with Gasteiger partial charge in [-0.15, -0.1) is 11.8 Å². The number of hydrazine groups is 1. The van der Waals surface area contributed by atoms with Gasteiger partial charge in [-0.05, 0) is 36.0 Å². The molecule has 0 aliphatic carbocycles. The van der Waals surface area contributed by atoms with Crippen molar-refractivity contribution >= 4 is 63.9 Å². The summed E-state index contributed by atoms with van der Waals surface area (Å²) in [5, 5.41) is 4.13. The molecule has 2 rings (SSSR count). The van der Waals surface area contributed by atoms with Crippen molar-refractivity contribution < 1.29 is 4.79 Å². The van der Waals surface area contributed by atoms with E-state index in [1.54, 1.807) is 18.2 Å². The first-order valence-electron chi connectivity index (χ1n) is 6.96. The zero-order chi connectivity index (χ0) is 17.4. The van der Waals surface area contributed by atoms with E-state index < -0.39 is 0 Å². The molecule has 4 nitrogen and oxygen atoms in total. The highest BCUT2D eigenvalue weighted by molar-refractivity contribution is 7.99. The topological polar surface area (TPSA) is 53.2 Å². The SMILES string of the molecule is O=C(CSCc1ccccc1)NNC(=S)Nc1cc(Cl)cc(Cl)c1. The molecule has 0 unspecified atom stereocenters. The summed E-state index contributed by atoms with van der Waals surface area (Å²) in [7, 11) is 0. The predicted octanol–water partition coefficient (Wildman–Crippen LogP) is 4.24. The Balaban J connectivity index is 1.68. The Morgan fingerprint density at radius 1 is 1.04 bits per heavy atom. The van der Waals surface area contributed by atoms with E-state index in [2.05, 4.69) is 16.2 Å². The summed E-state index contributed by atoms with van der Waals surface area (Å²) >= 11 is 18.4. The number of benzene rings is 2. The molecule has 126 valence electrons. The molecule has 0 bridgehead atoms. The summed E-state index contributed by atoms with van der Waals surface area (Å²) in [6.07, 6.45) is 0. The lowest BCUT2D eigenvalue weighted by atomic mass is 10.2. The monoisotopic (exact) mass is 399 g/mol. The molecule has 2 aromatic carbocycles.